The standard InChI is InChI=1S/C10H13Cl2P/c1-7-4-5-10(8(2)6-7)9(3)13(11)12/h4-6,9H,1-3H3. The van der Waals surface area contributed by atoms with Gasteiger partial charge in [-0.05, 0) is 25.0 Å². The molecule has 0 aliphatic carbocycles. The topological polar surface area (TPSA) is 0 Å². The highest BCUT2D eigenvalue weighted by Gasteiger charge is 2.15. The molecule has 0 N–H and O–H groups in total. The lowest BCUT2D eigenvalue weighted by Gasteiger charge is -2.15. The molecule has 1 rings (SSSR count). The van der Waals surface area contributed by atoms with Gasteiger partial charge in [0, 0.05) is 5.66 Å². The van der Waals surface area contributed by atoms with Crippen LogP contribution in [0.2, 0.25) is 0 Å². The van der Waals surface area contributed by atoms with Crippen LogP contribution >= 0.6 is 29.1 Å². The SMILES string of the molecule is Cc1ccc(C(C)P(Cl)Cl)c(C)c1. The van der Waals surface area contributed by atoms with Gasteiger partial charge in [0.05, 0.1) is 6.63 Å². The van der Waals surface area contributed by atoms with Crippen LogP contribution in [0.5, 0.6) is 0 Å². The predicted molar refractivity (Wildman–Crippen MR) is 63.0 cm³/mol. The predicted octanol–water partition coefficient (Wildman–Crippen LogP) is 5.15. The van der Waals surface area contributed by atoms with Crippen molar-refractivity contribution in [3.05, 3.63) is 34.9 Å². The van der Waals surface area contributed by atoms with Crippen molar-refractivity contribution < 1.29 is 0 Å². The van der Waals surface area contributed by atoms with Crippen LogP contribution in [-0.4, -0.2) is 0 Å². The first-order chi connectivity index (χ1) is 6.02. The second-order valence-electron chi connectivity index (χ2n) is 3.30. The van der Waals surface area contributed by atoms with Gasteiger partial charge < -0.3 is 0 Å². The minimum atomic E-state index is -0.919. The van der Waals surface area contributed by atoms with Crippen molar-refractivity contribution >= 4 is 29.1 Å². The van der Waals surface area contributed by atoms with E-state index in [1.165, 1.54) is 16.7 Å². The summed E-state index contributed by atoms with van der Waals surface area (Å²) in [7, 11) is 0. The molecular weight excluding hydrogens is 222 g/mol. The number of aryl methyl sites for hydroxylation is 2. The molecule has 0 aromatic heterocycles. The van der Waals surface area contributed by atoms with Crippen molar-refractivity contribution in [1.29, 1.82) is 0 Å². The Hall–Kier alpha value is 0.230. The molecule has 0 spiro atoms. The van der Waals surface area contributed by atoms with Crippen LogP contribution in [0, 0.1) is 13.8 Å². The summed E-state index contributed by atoms with van der Waals surface area (Å²) in [5.74, 6) is 0. The van der Waals surface area contributed by atoms with E-state index in [9.17, 15) is 0 Å². The van der Waals surface area contributed by atoms with Gasteiger partial charge in [-0.2, -0.15) is 0 Å². The summed E-state index contributed by atoms with van der Waals surface area (Å²) < 4.78 is 0. The van der Waals surface area contributed by atoms with Crippen LogP contribution < -0.4 is 0 Å². The summed E-state index contributed by atoms with van der Waals surface area (Å²) in [5.41, 5.74) is 4.09. The van der Waals surface area contributed by atoms with E-state index < -0.39 is 6.63 Å². The van der Waals surface area contributed by atoms with E-state index in [4.69, 9.17) is 22.5 Å². The fraction of sp³-hybridized carbons (Fsp3) is 0.400. The summed E-state index contributed by atoms with van der Waals surface area (Å²) in [4.78, 5) is 0. The zero-order valence-electron chi connectivity index (χ0n) is 8.01. The molecule has 0 fully saturated rings. The third kappa shape index (κ3) is 2.84. The van der Waals surface area contributed by atoms with Crippen molar-refractivity contribution in [2.45, 2.75) is 26.4 Å². The minimum Gasteiger partial charge on any atom is -0.0774 e. The van der Waals surface area contributed by atoms with E-state index in [2.05, 4.69) is 39.0 Å². The number of hydrogen-bond acceptors (Lipinski definition) is 0. The van der Waals surface area contributed by atoms with Crippen molar-refractivity contribution in [2.24, 2.45) is 0 Å². The van der Waals surface area contributed by atoms with Crippen LogP contribution in [0.4, 0.5) is 0 Å². The zero-order valence-corrected chi connectivity index (χ0v) is 10.4. The normalized spacial score (nSPS) is 13.4. The van der Waals surface area contributed by atoms with Gasteiger partial charge in [0.2, 0.25) is 0 Å². The highest BCUT2D eigenvalue weighted by atomic mass is 35.9. The van der Waals surface area contributed by atoms with Gasteiger partial charge in [-0.1, -0.05) is 53.2 Å². The van der Waals surface area contributed by atoms with E-state index in [0.29, 0.717) is 0 Å². The summed E-state index contributed by atoms with van der Waals surface area (Å²) in [6.07, 6.45) is 0. The summed E-state index contributed by atoms with van der Waals surface area (Å²) in [6, 6.07) is 6.39. The zero-order chi connectivity index (χ0) is 10.0. The van der Waals surface area contributed by atoms with Crippen LogP contribution in [0.25, 0.3) is 0 Å². The molecule has 1 atom stereocenters. The molecule has 3 heteroatoms. The van der Waals surface area contributed by atoms with Crippen molar-refractivity contribution in [2.75, 3.05) is 0 Å². The van der Waals surface area contributed by atoms with Gasteiger partial charge in [-0.15, -0.1) is 0 Å². The van der Waals surface area contributed by atoms with Crippen LogP contribution in [0.15, 0.2) is 18.2 Å². The number of benzene rings is 1. The molecule has 72 valence electrons. The highest BCUT2D eigenvalue weighted by Crippen LogP contribution is 2.59. The maximum absolute atomic E-state index is 5.90. The van der Waals surface area contributed by atoms with E-state index >= 15 is 0 Å². The van der Waals surface area contributed by atoms with Gasteiger partial charge >= 0.3 is 0 Å². The van der Waals surface area contributed by atoms with Gasteiger partial charge in [0.1, 0.15) is 0 Å². The van der Waals surface area contributed by atoms with Crippen LogP contribution in [0.1, 0.15) is 29.3 Å². The van der Waals surface area contributed by atoms with Gasteiger partial charge in [0.25, 0.3) is 0 Å². The van der Waals surface area contributed by atoms with Crippen molar-refractivity contribution in [3.8, 4) is 0 Å². The molecule has 0 nitrogen and oxygen atoms in total. The Bertz CT molecular complexity index is 297. The van der Waals surface area contributed by atoms with E-state index in [0.717, 1.165) is 0 Å². The van der Waals surface area contributed by atoms with Gasteiger partial charge in [0.15, 0.2) is 0 Å². The first kappa shape index (κ1) is 11.3. The Kier molecular flexibility index (Phi) is 4.04. The lowest BCUT2D eigenvalue weighted by Crippen LogP contribution is -1.91. The maximum Gasteiger partial charge on any atom is 0.0927 e. The molecule has 0 bridgehead atoms. The van der Waals surface area contributed by atoms with E-state index in [1.807, 2.05) is 0 Å². The number of hydrogen-bond donors (Lipinski definition) is 0. The molecule has 0 aliphatic rings. The Morgan fingerprint density at radius 2 is 1.85 bits per heavy atom. The second-order valence-corrected chi connectivity index (χ2v) is 7.29. The Labute approximate surface area is 90.6 Å². The van der Waals surface area contributed by atoms with Crippen molar-refractivity contribution in [3.63, 3.8) is 0 Å². The summed E-state index contributed by atoms with van der Waals surface area (Å²) in [5, 5.41) is 0. The molecule has 0 aliphatic heterocycles. The first-order valence-electron chi connectivity index (χ1n) is 4.20. The molecule has 13 heavy (non-hydrogen) atoms. The Morgan fingerprint density at radius 3 is 2.31 bits per heavy atom. The quantitative estimate of drug-likeness (QED) is 0.621. The third-order valence-electron chi connectivity index (χ3n) is 2.17. The Balaban J connectivity index is 3.01. The lowest BCUT2D eigenvalue weighted by molar-refractivity contribution is 1.07. The van der Waals surface area contributed by atoms with E-state index in [-0.39, 0.29) is 5.66 Å². The number of halogens is 2. The monoisotopic (exact) mass is 234 g/mol. The molecule has 0 saturated carbocycles. The molecule has 0 radical (unpaired) electrons. The molecule has 0 heterocycles. The fourth-order valence-corrected chi connectivity index (χ4v) is 2.53. The minimum absolute atomic E-state index is 0.263. The van der Waals surface area contributed by atoms with Crippen molar-refractivity contribution in [1.82, 2.24) is 0 Å². The smallest absolute Gasteiger partial charge is 0.0774 e. The van der Waals surface area contributed by atoms with Crippen LogP contribution in [-0.2, 0) is 0 Å². The molecular formula is C10H13Cl2P. The first-order valence-corrected chi connectivity index (χ1v) is 7.42. The third-order valence-corrected chi connectivity index (χ3v) is 4.79. The summed E-state index contributed by atoms with van der Waals surface area (Å²) >= 11 is 11.8. The molecule has 0 amide bonds. The highest BCUT2D eigenvalue weighted by molar-refractivity contribution is 8.04. The summed E-state index contributed by atoms with van der Waals surface area (Å²) in [6.45, 7) is 5.34. The molecule has 1 aromatic rings. The maximum atomic E-state index is 5.90. The van der Waals surface area contributed by atoms with E-state index in [1.54, 1.807) is 0 Å². The number of rotatable bonds is 2. The molecule has 0 saturated heterocycles. The average molecular weight is 235 g/mol. The van der Waals surface area contributed by atoms with Gasteiger partial charge in [-0.3, -0.25) is 0 Å². The molecule has 1 unspecified atom stereocenters. The molecule has 1 aromatic carbocycles. The largest absolute Gasteiger partial charge is 0.0927 e. The van der Waals surface area contributed by atoms with Crippen LogP contribution in [0.3, 0.4) is 0 Å². The fourth-order valence-electron chi connectivity index (χ4n) is 1.40. The Morgan fingerprint density at radius 1 is 1.23 bits per heavy atom. The van der Waals surface area contributed by atoms with Gasteiger partial charge in [-0.25, -0.2) is 0 Å². The average Bonchev–Trinajstić information content (AvgIpc) is 2.03. The lowest BCUT2D eigenvalue weighted by atomic mass is 10.0. The second kappa shape index (κ2) is 4.64.